The molecule has 0 saturated carbocycles. The van der Waals surface area contributed by atoms with Gasteiger partial charge in [0.05, 0.1) is 4.47 Å². The van der Waals surface area contributed by atoms with Gasteiger partial charge in [-0.15, -0.1) is 13.2 Å². The lowest BCUT2D eigenvalue weighted by Gasteiger charge is -2.11. The van der Waals surface area contributed by atoms with E-state index in [1.165, 1.54) is 24.5 Å². The highest BCUT2D eigenvalue weighted by molar-refractivity contribution is 9.10. The van der Waals surface area contributed by atoms with E-state index < -0.39 is 6.36 Å². The summed E-state index contributed by atoms with van der Waals surface area (Å²) in [5.74, 6) is 0.0631. The van der Waals surface area contributed by atoms with E-state index in [4.69, 9.17) is 16.3 Å². The summed E-state index contributed by atoms with van der Waals surface area (Å²) >= 11 is 8.62. The number of nitrogens with zero attached hydrogens (tertiary/aromatic N) is 2. The van der Waals surface area contributed by atoms with Gasteiger partial charge in [0.2, 0.25) is 5.88 Å². The van der Waals surface area contributed by atoms with Gasteiger partial charge in [0.1, 0.15) is 23.0 Å². The van der Waals surface area contributed by atoms with Crippen LogP contribution in [0.25, 0.3) is 0 Å². The van der Waals surface area contributed by atoms with Crippen molar-refractivity contribution in [1.82, 2.24) is 9.97 Å². The van der Waals surface area contributed by atoms with E-state index in [-0.39, 0.29) is 27.0 Å². The fourth-order valence-corrected chi connectivity index (χ4v) is 1.82. The molecule has 1 aromatic heterocycles. The van der Waals surface area contributed by atoms with E-state index in [0.717, 1.165) is 6.07 Å². The van der Waals surface area contributed by atoms with Crippen molar-refractivity contribution in [3.63, 3.8) is 0 Å². The molecule has 0 atom stereocenters. The van der Waals surface area contributed by atoms with Crippen LogP contribution in [-0.2, 0) is 0 Å². The lowest BCUT2D eigenvalue weighted by atomic mass is 10.3. The summed E-state index contributed by atoms with van der Waals surface area (Å²) in [6, 6.07) is 5.12. The Kier molecular flexibility index (Phi) is 4.34. The Morgan fingerprint density at radius 3 is 2.50 bits per heavy atom. The van der Waals surface area contributed by atoms with Crippen LogP contribution < -0.4 is 9.47 Å². The van der Waals surface area contributed by atoms with Crippen LogP contribution in [0.15, 0.2) is 35.1 Å². The Morgan fingerprint density at radius 2 is 1.90 bits per heavy atom. The minimum absolute atomic E-state index is 0.0903. The zero-order valence-electron chi connectivity index (χ0n) is 9.49. The molecule has 0 spiro atoms. The minimum Gasteiger partial charge on any atom is -0.439 e. The van der Waals surface area contributed by atoms with E-state index in [2.05, 4.69) is 30.6 Å². The normalized spacial score (nSPS) is 11.2. The molecule has 1 aromatic carbocycles. The summed E-state index contributed by atoms with van der Waals surface area (Å²) in [5, 5.41) is 0.186. The fourth-order valence-electron chi connectivity index (χ4n) is 1.25. The minimum atomic E-state index is -4.76. The second-order valence-corrected chi connectivity index (χ2v) is 4.66. The highest BCUT2D eigenvalue weighted by Crippen LogP contribution is 2.34. The maximum absolute atomic E-state index is 12.1. The predicted octanol–water partition coefficient (Wildman–Crippen LogP) is 4.58. The second kappa shape index (κ2) is 5.84. The maximum Gasteiger partial charge on any atom is 0.573 e. The van der Waals surface area contributed by atoms with E-state index in [1.54, 1.807) is 0 Å². The Bertz CT molecular complexity index is 625. The molecule has 0 fully saturated rings. The topological polar surface area (TPSA) is 44.2 Å². The maximum atomic E-state index is 12.1. The molecule has 0 saturated heterocycles. The number of alkyl halides is 3. The molecule has 0 aliphatic heterocycles. The molecule has 4 nitrogen and oxygen atoms in total. The lowest BCUT2D eigenvalue weighted by Crippen LogP contribution is -2.17. The Morgan fingerprint density at radius 1 is 1.15 bits per heavy atom. The van der Waals surface area contributed by atoms with Crippen LogP contribution in [0.5, 0.6) is 17.4 Å². The average molecular weight is 370 g/mol. The van der Waals surface area contributed by atoms with Crippen molar-refractivity contribution in [3.8, 4) is 17.4 Å². The van der Waals surface area contributed by atoms with E-state index in [1.807, 2.05) is 0 Å². The number of aromatic nitrogens is 2. The van der Waals surface area contributed by atoms with Crippen LogP contribution in [0.3, 0.4) is 0 Å². The van der Waals surface area contributed by atoms with E-state index in [9.17, 15) is 13.2 Å². The van der Waals surface area contributed by atoms with Crippen LogP contribution in [0, 0.1) is 0 Å². The third kappa shape index (κ3) is 4.24. The highest BCUT2D eigenvalue weighted by Gasteiger charge is 2.32. The van der Waals surface area contributed by atoms with Gasteiger partial charge >= 0.3 is 6.36 Å². The van der Waals surface area contributed by atoms with Crippen molar-refractivity contribution in [1.29, 1.82) is 0 Å². The molecule has 0 aliphatic rings. The van der Waals surface area contributed by atoms with Crippen LogP contribution >= 0.6 is 27.5 Å². The number of hydrogen-bond acceptors (Lipinski definition) is 4. The van der Waals surface area contributed by atoms with Crippen LogP contribution in [0.4, 0.5) is 13.2 Å². The molecule has 106 valence electrons. The van der Waals surface area contributed by atoms with E-state index >= 15 is 0 Å². The summed E-state index contributed by atoms with van der Waals surface area (Å²) in [7, 11) is 0. The summed E-state index contributed by atoms with van der Waals surface area (Å²) in [4.78, 5) is 7.48. The first-order valence-electron chi connectivity index (χ1n) is 5.04. The Balaban J connectivity index is 2.17. The molecule has 0 unspecified atom stereocenters. The quantitative estimate of drug-likeness (QED) is 0.743. The van der Waals surface area contributed by atoms with Crippen LogP contribution in [0.2, 0.25) is 5.15 Å². The van der Waals surface area contributed by atoms with Gasteiger partial charge in [0.25, 0.3) is 0 Å². The molecule has 0 bridgehead atoms. The first kappa shape index (κ1) is 14.9. The van der Waals surface area contributed by atoms with Crippen molar-refractivity contribution in [2.24, 2.45) is 0 Å². The van der Waals surface area contributed by atoms with Gasteiger partial charge in [-0.25, -0.2) is 9.97 Å². The van der Waals surface area contributed by atoms with Gasteiger partial charge in [-0.05, 0) is 34.1 Å². The van der Waals surface area contributed by atoms with Gasteiger partial charge in [-0.1, -0.05) is 11.6 Å². The van der Waals surface area contributed by atoms with Gasteiger partial charge in [0, 0.05) is 6.07 Å². The molecule has 0 aliphatic carbocycles. The van der Waals surface area contributed by atoms with Gasteiger partial charge in [0.15, 0.2) is 0 Å². The number of rotatable bonds is 3. The average Bonchev–Trinajstić information content (AvgIpc) is 2.31. The van der Waals surface area contributed by atoms with Crippen molar-refractivity contribution in [2.75, 3.05) is 0 Å². The van der Waals surface area contributed by atoms with Crippen molar-refractivity contribution in [2.45, 2.75) is 6.36 Å². The smallest absolute Gasteiger partial charge is 0.439 e. The molecule has 2 rings (SSSR count). The number of hydrogen-bond donors (Lipinski definition) is 0. The molecular formula is C11H5BrClF3N2O2. The monoisotopic (exact) mass is 368 g/mol. The summed E-state index contributed by atoms with van der Waals surface area (Å²) in [5.41, 5.74) is 0. The molecule has 2 aromatic rings. The molecule has 0 radical (unpaired) electrons. The molecule has 0 N–H and O–H groups in total. The van der Waals surface area contributed by atoms with Crippen molar-refractivity contribution in [3.05, 3.63) is 40.2 Å². The van der Waals surface area contributed by atoms with Crippen LogP contribution in [0.1, 0.15) is 0 Å². The van der Waals surface area contributed by atoms with Crippen molar-refractivity contribution < 1.29 is 22.6 Å². The van der Waals surface area contributed by atoms with E-state index in [0.29, 0.717) is 0 Å². The van der Waals surface area contributed by atoms with Gasteiger partial charge < -0.3 is 9.47 Å². The molecule has 9 heteroatoms. The first-order chi connectivity index (χ1) is 9.33. The van der Waals surface area contributed by atoms with Crippen molar-refractivity contribution >= 4 is 27.5 Å². The summed E-state index contributed by atoms with van der Waals surface area (Å²) < 4.78 is 45.5. The van der Waals surface area contributed by atoms with Crippen LogP contribution in [-0.4, -0.2) is 16.3 Å². The zero-order chi connectivity index (χ0) is 14.8. The summed E-state index contributed by atoms with van der Waals surface area (Å²) in [6.07, 6.45) is -3.56. The van der Waals surface area contributed by atoms with Gasteiger partial charge in [-0.2, -0.15) is 0 Å². The SMILES string of the molecule is FC(F)(F)Oc1ccc(Oc2cc(Cl)ncn2)cc1Br. The Labute approximate surface area is 124 Å². The Hall–Kier alpha value is -1.54. The van der Waals surface area contributed by atoms with Gasteiger partial charge in [-0.3, -0.25) is 0 Å². The third-order valence-corrected chi connectivity index (χ3v) is 2.79. The molecule has 20 heavy (non-hydrogen) atoms. The highest BCUT2D eigenvalue weighted by atomic mass is 79.9. The first-order valence-corrected chi connectivity index (χ1v) is 6.21. The standard InChI is InChI=1S/C11H5BrClF3N2O2/c12-7-3-6(1-2-8(7)20-11(14,15)16)19-10-4-9(13)17-5-18-10/h1-5H. The zero-order valence-corrected chi connectivity index (χ0v) is 11.8. The largest absolute Gasteiger partial charge is 0.573 e. The molecular weight excluding hydrogens is 364 g/mol. The molecule has 0 amide bonds. The molecule has 1 heterocycles. The lowest BCUT2D eigenvalue weighted by molar-refractivity contribution is -0.274. The fraction of sp³-hybridized carbons (Fsp3) is 0.0909. The summed E-state index contributed by atoms with van der Waals surface area (Å²) in [6.45, 7) is 0. The predicted molar refractivity (Wildman–Crippen MR) is 67.9 cm³/mol. The third-order valence-electron chi connectivity index (χ3n) is 1.96. The second-order valence-electron chi connectivity index (χ2n) is 3.42. The number of halogens is 5. The number of benzene rings is 1. The number of ether oxygens (including phenoxy) is 2.